The quantitative estimate of drug-likeness (QED) is 0.0776. The maximum absolute atomic E-state index is 11.7. The van der Waals surface area contributed by atoms with Crippen molar-refractivity contribution in [2.75, 3.05) is 29.0 Å². The first-order chi connectivity index (χ1) is 16.7. The van der Waals surface area contributed by atoms with Gasteiger partial charge in [0.2, 0.25) is 17.8 Å². The molecule has 35 heavy (non-hydrogen) atoms. The third-order valence-corrected chi connectivity index (χ3v) is 5.50. The van der Waals surface area contributed by atoms with E-state index in [1.165, 1.54) is 42.5 Å². The Hall–Kier alpha value is -3.58. The van der Waals surface area contributed by atoms with Crippen LogP contribution in [0.4, 0.5) is 29.2 Å². The highest BCUT2D eigenvalue weighted by molar-refractivity contribution is 7.94. The predicted molar refractivity (Wildman–Crippen MR) is 124 cm³/mol. The highest BCUT2D eigenvalue weighted by Crippen LogP contribution is 2.28. The second-order valence-electron chi connectivity index (χ2n) is 6.51. The van der Waals surface area contributed by atoms with E-state index in [9.17, 15) is 22.9 Å². The van der Waals surface area contributed by atoms with Gasteiger partial charge in [0.05, 0.1) is 28.2 Å². The van der Waals surface area contributed by atoms with Crippen molar-refractivity contribution in [2.24, 2.45) is 5.73 Å². The molecule has 0 saturated carbocycles. The zero-order valence-electron chi connectivity index (χ0n) is 17.6. The predicted octanol–water partition coefficient (Wildman–Crippen LogP) is 2.10. The summed E-state index contributed by atoms with van der Waals surface area (Å²) in [6, 6.07) is 9.50. The van der Waals surface area contributed by atoms with Crippen molar-refractivity contribution in [2.45, 2.75) is 9.79 Å². The summed E-state index contributed by atoms with van der Waals surface area (Å²) in [5.74, 6) is -1.24. The summed E-state index contributed by atoms with van der Waals surface area (Å²) in [7, 11) is -4.43. The molecule has 0 amide bonds. The van der Waals surface area contributed by atoms with Gasteiger partial charge in [-0.05, 0) is 36.4 Å². The van der Waals surface area contributed by atoms with Crippen LogP contribution >= 0.6 is 12.0 Å². The Bertz CT molecular complexity index is 1310. The monoisotopic (exact) mass is 525 g/mol. The van der Waals surface area contributed by atoms with Gasteiger partial charge in [-0.15, -0.1) is 4.33 Å². The van der Waals surface area contributed by atoms with Gasteiger partial charge in [-0.1, -0.05) is 11.1 Å². The maximum Gasteiger partial charge on any atom is 0.337 e. The zero-order valence-corrected chi connectivity index (χ0v) is 19.2. The number of aromatic carboxylic acids is 1. The summed E-state index contributed by atoms with van der Waals surface area (Å²) in [5, 5.41) is 29.8. The molecule has 1 aromatic heterocycles. The molecule has 15 nitrogen and oxygen atoms in total. The smallest absolute Gasteiger partial charge is 0.337 e. The van der Waals surface area contributed by atoms with Gasteiger partial charge < -0.3 is 26.8 Å². The lowest BCUT2D eigenvalue weighted by Crippen LogP contribution is -2.16. The van der Waals surface area contributed by atoms with Gasteiger partial charge in [-0.2, -0.15) is 23.4 Å². The van der Waals surface area contributed by atoms with E-state index in [1.54, 1.807) is 0 Å². The van der Waals surface area contributed by atoms with Crippen molar-refractivity contribution in [1.82, 2.24) is 15.0 Å². The Balaban J connectivity index is 1.94. The van der Waals surface area contributed by atoms with Crippen molar-refractivity contribution in [3.8, 4) is 0 Å². The molecular weight excluding hydrogens is 506 g/mol. The molecule has 0 spiro atoms. The summed E-state index contributed by atoms with van der Waals surface area (Å²) in [6.45, 7) is 0.593. The minimum Gasteiger partial charge on any atom is -0.478 e. The van der Waals surface area contributed by atoms with Crippen LogP contribution in [0.25, 0.3) is 0 Å². The first kappa shape index (κ1) is 26.0. The molecule has 8 N–H and O–H groups in total. The number of hydrogen-bond donors (Lipinski definition) is 7. The third kappa shape index (κ3) is 7.45. The average Bonchev–Trinajstić information content (AvgIpc) is 2.81. The first-order valence-corrected chi connectivity index (χ1v) is 11.7. The number of aromatic nitrogens is 3. The fourth-order valence-electron chi connectivity index (χ4n) is 2.65. The molecule has 0 aliphatic carbocycles. The molecule has 186 valence electrons. The summed E-state index contributed by atoms with van der Waals surface area (Å²) < 4.78 is 36.4. The molecule has 0 saturated heterocycles. The van der Waals surface area contributed by atoms with Gasteiger partial charge in [0.25, 0.3) is 10.1 Å². The van der Waals surface area contributed by atoms with Crippen LogP contribution in [-0.4, -0.2) is 57.3 Å². The minimum absolute atomic E-state index is 0.0212. The Morgan fingerprint density at radius 2 is 1.77 bits per heavy atom. The molecule has 0 radical (unpaired) electrons. The average molecular weight is 526 g/mol. The number of nitrogens with one attached hydrogen (secondary N) is 3. The van der Waals surface area contributed by atoms with E-state index in [4.69, 9.17) is 11.0 Å². The molecule has 2 aromatic carbocycles. The van der Waals surface area contributed by atoms with Crippen molar-refractivity contribution in [3.05, 3.63) is 48.0 Å². The van der Waals surface area contributed by atoms with E-state index in [1.807, 2.05) is 0 Å². The lowest BCUT2D eigenvalue weighted by Gasteiger charge is -2.13. The highest BCUT2D eigenvalue weighted by Gasteiger charge is 2.16. The van der Waals surface area contributed by atoms with Crippen molar-refractivity contribution >= 4 is 57.3 Å². The zero-order chi connectivity index (χ0) is 25.4. The van der Waals surface area contributed by atoms with E-state index < -0.39 is 16.1 Å². The Morgan fingerprint density at radius 1 is 1.06 bits per heavy atom. The number of carboxylic acids is 1. The number of nitrogens with zero attached hydrogens (tertiary/aromatic N) is 3. The number of carboxylic acid groups (broad SMARTS) is 1. The van der Waals surface area contributed by atoms with Crippen LogP contribution in [0.1, 0.15) is 10.4 Å². The molecule has 0 aliphatic rings. The van der Waals surface area contributed by atoms with E-state index in [0.29, 0.717) is 23.5 Å². The third-order valence-electron chi connectivity index (χ3n) is 4.08. The van der Waals surface area contributed by atoms with Gasteiger partial charge in [0.15, 0.2) is 0 Å². The topological polar surface area (TPSA) is 231 Å². The van der Waals surface area contributed by atoms with Crippen molar-refractivity contribution < 1.29 is 37.5 Å². The summed E-state index contributed by atoms with van der Waals surface area (Å²) in [5.41, 5.74) is 5.73. The molecule has 1 heterocycles. The molecule has 0 aliphatic heterocycles. The molecule has 3 rings (SSSR count). The Labute approximate surface area is 202 Å². The van der Waals surface area contributed by atoms with Gasteiger partial charge in [0, 0.05) is 23.7 Å². The van der Waals surface area contributed by atoms with E-state index >= 15 is 0 Å². The van der Waals surface area contributed by atoms with Crippen LogP contribution in [0, 0.1) is 0 Å². The van der Waals surface area contributed by atoms with E-state index in [2.05, 4.69) is 40.3 Å². The highest BCUT2D eigenvalue weighted by atomic mass is 32.2. The molecule has 0 unspecified atom stereocenters. The van der Waals surface area contributed by atoms with Gasteiger partial charge >= 0.3 is 5.97 Å². The number of benzene rings is 2. The van der Waals surface area contributed by atoms with Crippen molar-refractivity contribution in [3.63, 3.8) is 0 Å². The second-order valence-corrected chi connectivity index (χ2v) is 8.71. The molecule has 0 bridgehead atoms. The Morgan fingerprint density at radius 3 is 2.43 bits per heavy atom. The standard InChI is InChI=1S/C18H19N7O8S2/c19-6-7-20-16-23-17(21-10-2-1-3-12(8-10)35(29,30)31)25-18(24-16)22-14-5-4-11(34-33-32-28)9-13(14)15(26)27/h1-5,8-9,28H,6-7,19H2,(H,26,27)(H,29,30,31)(H3,20,21,22,23,24,25). The molecule has 0 fully saturated rings. The van der Waals surface area contributed by atoms with E-state index in [-0.39, 0.29) is 46.2 Å². The van der Waals surface area contributed by atoms with Crippen LogP contribution in [0.5, 0.6) is 0 Å². The van der Waals surface area contributed by atoms with Crippen LogP contribution in [0.3, 0.4) is 0 Å². The van der Waals surface area contributed by atoms with Crippen LogP contribution < -0.4 is 21.7 Å². The van der Waals surface area contributed by atoms with E-state index in [0.717, 1.165) is 0 Å². The number of carbonyl (C=O) groups is 1. The maximum atomic E-state index is 11.7. The lowest BCUT2D eigenvalue weighted by atomic mass is 10.2. The Kier molecular flexibility index (Phi) is 8.71. The van der Waals surface area contributed by atoms with Crippen molar-refractivity contribution in [1.29, 1.82) is 0 Å². The minimum atomic E-state index is -4.43. The van der Waals surface area contributed by atoms with Crippen LogP contribution in [-0.2, 0) is 19.5 Å². The van der Waals surface area contributed by atoms with Gasteiger partial charge in [-0.3, -0.25) is 4.55 Å². The SMILES string of the molecule is NCCNc1nc(Nc2cccc(S(=O)(=O)O)c2)nc(Nc2ccc(SOOO)cc2C(=O)O)n1. The largest absolute Gasteiger partial charge is 0.478 e. The molecule has 0 atom stereocenters. The number of rotatable bonds is 12. The second kappa shape index (κ2) is 11.7. The normalized spacial score (nSPS) is 11.2. The summed E-state index contributed by atoms with van der Waals surface area (Å²) >= 11 is 0.588. The fraction of sp³-hybridized carbons (Fsp3) is 0.111. The lowest BCUT2D eigenvalue weighted by molar-refractivity contribution is -0.432. The van der Waals surface area contributed by atoms with Crippen LogP contribution in [0.15, 0.2) is 52.3 Å². The fourth-order valence-corrected chi connectivity index (χ4v) is 3.58. The number of nitrogens with two attached hydrogens (primary N) is 1. The molecular formula is C18H19N7O8S2. The summed E-state index contributed by atoms with van der Waals surface area (Å²) in [6.07, 6.45) is 0. The molecule has 17 heteroatoms. The molecule has 3 aromatic rings. The van der Waals surface area contributed by atoms with Crippen LogP contribution in [0.2, 0.25) is 0 Å². The van der Waals surface area contributed by atoms with Gasteiger partial charge in [-0.25, -0.2) is 10.1 Å². The number of anilines is 5. The van der Waals surface area contributed by atoms with Gasteiger partial charge in [0.1, 0.15) is 0 Å². The first-order valence-electron chi connectivity index (χ1n) is 9.53. The summed E-state index contributed by atoms with van der Waals surface area (Å²) in [4.78, 5) is 24.3. The number of hydrogen-bond acceptors (Lipinski definition) is 14.